The van der Waals surface area contributed by atoms with Gasteiger partial charge in [0.05, 0.1) is 0 Å². The van der Waals surface area contributed by atoms with Gasteiger partial charge in [-0.05, 0) is 37.3 Å². The van der Waals surface area contributed by atoms with E-state index < -0.39 is 0 Å². The first-order valence-electron chi connectivity index (χ1n) is 6.40. The number of nitrogens with one attached hydrogen (secondary N) is 1. The minimum atomic E-state index is 0.404. The molecule has 1 aromatic carbocycles. The fourth-order valence-corrected chi connectivity index (χ4v) is 2.27. The zero-order chi connectivity index (χ0) is 13.2. The van der Waals surface area contributed by atoms with E-state index in [-0.39, 0.29) is 0 Å². The van der Waals surface area contributed by atoms with Crippen LogP contribution in [0, 0.1) is 25.7 Å². The van der Waals surface area contributed by atoms with Crippen LogP contribution >= 0.6 is 0 Å². The van der Waals surface area contributed by atoms with Crippen molar-refractivity contribution in [2.45, 2.75) is 47.6 Å². The van der Waals surface area contributed by atoms with Gasteiger partial charge in [-0.2, -0.15) is 0 Å². The number of benzene rings is 1. The molecule has 0 radical (unpaired) electrons. The van der Waals surface area contributed by atoms with E-state index >= 15 is 0 Å². The molecule has 1 aromatic rings. The molecule has 0 unspecified atom stereocenters. The quantitative estimate of drug-likeness (QED) is 0.823. The highest BCUT2D eigenvalue weighted by Gasteiger charge is 2.18. The minimum Gasteiger partial charge on any atom is -0.507 e. The normalized spacial score (nSPS) is 11.6. The summed E-state index contributed by atoms with van der Waals surface area (Å²) in [5.41, 5.74) is 2.91. The van der Waals surface area contributed by atoms with Crippen LogP contribution in [0.5, 0.6) is 5.75 Å². The van der Waals surface area contributed by atoms with Crippen molar-refractivity contribution in [2.75, 3.05) is 5.32 Å². The average Bonchev–Trinajstić information content (AvgIpc) is 2.24. The third-order valence-corrected chi connectivity index (χ3v) is 3.39. The molecule has 0 saturated carbocycles. The van der Waals surface area contributed by atoms with Crippen LogP contribution in [0.2, 0.25) is 0 Å². The number of anilines is 1. The molecule has 0 aliphatic heterocycles. The zero-order valence-electron chi connectivity index (χ0n) is 11.8. The van der Waals surface area contributed by atoms with E-state index in [9.17, 15) is 5.11 Å². The van der Waals surface area contributed by atoms with Crippen molar-refractivity contribution in [3.8, 4) is 5.75 Å². The summed E-state index contributed by atoms with van der Waals surface area (Å²) in [5, 5.41) is 13.5. The van der Waals surface area contributed by atoms with Crippen LogP contribution in [-0.4, -0.2) is 11.1 Å². The fourth-order valence-electron chi connectivity index (χ4n) is 2.27. The largest absolute Gasteiger partial charge is 0.507 e. The van der Waals surface area contributed by atoms with Crippen LogP contribution in [0.15, 0.2) is 12.1 Å². The molecule has 0 bridgehead atoms. The second-order valence-corrected chi connectivity index (χ2v) is 5.56. The third-order valence-electron chi connectivity index (χ3n) is 3.39. The van der Waals surface area contributed by atoms with Crippen molar-refractivity contribution >= 4 is 5.69 Å². The van der Waals surface area contributed by atoms with Gasteiger partial charge in [0.1, 0.15) is 5.75 Å². The van der Waals surface area contributed by atoms with Gasteiger partial charge in [0.15, 0.2) is 0 Å². The zero-order valence-corrected chi connectivity index (χ0v) is 11.8. The molecule has 96 valence electrons. The summed E-state index contributed by atoms with van der Waals surface area (Å²) in [6, 6.07) is 4.45. The number of rotatable bonds is 4. The summed E-state index contributed by atoms with van der Waals surface area (Å²) in [7, 11) is 0. The van der Waals surface area contributed by atoms with Crippen LogP contribution in [-0.2, 0) is 0 Å². The summed E-state index contributed by atoms with van der Waals surface area (Å²) in [5.74, 6) is 1.54. The number of phenolic OH excluding ortho intramolecular Hbond substituents is 1. The lowest BCUT2D eigenvalue weighted by atomic mass is 9.92. The molecule has 0 fully saturated rings. The molecular formula is C15H25NO. The van der Waals surface area contributed by atoms with Crippen molar-refractivity contribution in [3.05, 3.63) is 23.3 Å². The summed E-state index contributed by atoms with van der Waals surface area (Å²) in [6.07, 6.45) is 0. The summed E-state index contributed by atoms with van der Waals surface area (Å²) in [6.45, 7) is 12.8. The van der Waals surface area contributed by atoms with Crippen LogP contribution in [0.4, 0.5) is 5.69 Å². The van der Waals surface area contributed by atoms with E-state index in [2.05, 4.69) is 39.1 Å². The molecule has 0 aliphatic carbocycles. The van der Waals surface area contributed by atoms with Gasteiger partial charge in [-0.3, -0.25) is 0 Å². The monoisotopic (exact) mass is 235 g/mol. The number of hydrogen-bond acceptors (Lipinski definition) is 2. The standard InChI is InChI=1S/C15H25NO/c1-9(2)14(10(3)4)16-13-8-7-11(5)15(17)12(13)6/h7-10,14,16-17H,1-6H3. The topological polar surface area (TPSA) is 32.3 Å². The van der Waals surface area contributed by atoms with Gasteiger partial charge in [-0.25, -0.2) is 0 Å². The first-order chi connectivity index (χ1) is 7.84. The van der Waals surface area contributed by atoms with Crippen LogP contribution < -0.4 is 5.32 Å². The van der Waals surface area contributed by atoms with Crippen molar-refractivity contribution < 1.29 is 5.11 Å². The Morgan fingerprint density at radius 3 is 2.00 bits per heavy atom. The molecule has 2 heteroatoms. The van der Waals surface area contributed by atoms with Gasteiger partial charge in [0, 0.05) is 17.3 Å². The molecule has 2 N–H and O–H groups in total. The molecular weight excluding hydrogens is 210 g/mol. The van der Waals surface area contributed by atoms with Gasteiger partial charge in [-0.15, -0.1) is 0 Å². The van der Waals surface area contributed by atoms with E-state index in [0.29, 0.717) is 23.6 Å². The average molecular weight is 235 g/mol. The second kappa shape index (κ2) is 5.44. The van der Waals surface area contributed by atoms with Crippen LogP contribution in [0.25, 0.3) is 0 Å². The first kappa shape index (κ1) is 13.9. The Morgan fingerprint density at radius 1 is 1.00 bits per heavy atom. The maximum absolute atomic E-state index is 9.94. The van der Waals surface area contributed by atoms with Crippen LogP contribution in [0.3, 0.4) is 0 Å². The molecule has 0 saturated heterocycles. The van der Waals surface area contributed by atoms with E-state index in [1.165, 1.54) is 0 Å². The molecule has 0 heterocycles. The lowest BCUT2D eigenvalue weighted by molar-refractivity contribution is 0.412. The van der Waals surface area contributed by atoms with Gasteiger partial charge < -0.3 is 10.4 Å². The van der Waals surface area contributed by atoms with Crippen molar-refractivity contribution in [1.82, 2.24) is 0 Å². The third kappa shape index (κ3) is 3.15. The lowest BCUT2D eigenvalue weighted by Gasteiger charge is -2.28. The van der Waals surface area contributed by atoms with Gasteiger partial charge in [-0.1, -0.05) is 33.8 Å². The smallest absolute Gasteiger partial charge is 0.123 e. The minimum absolute atomic E-state index is 0.404. The van der Waals surface area contributed by atoms with E-state index in [1.54, 1.807) is 0 Å². The highest BCUT2D eigenvalue weighted by atomic mass is 16.3. The maximum Gasteiger partial charge on any atom is 0.123 e. The number of hydrogen-bond donors (Lipinski definition) is 2. The Morgan fingerprint density at radius 2 is 1.53 bits per heavy atom. The highest BCUT2D eigenvalue weighted by Crippen LogP contribution is 2.30. The molecule has 0 atom stereocenters. The molecule has 1 rings (SSSR count). The Bertz CT molecular complexity index is 375. The Balaban J connectivity index is 2.98. The SMILES string of the molecule is Cc1ccc(NC(C(C)C)C(C)C)c(C)c1O. The Labute approximate surface area is 105 Å². The first-order valence-corrected chi connectivity index (χ1v) is 6.40. The van der Waals surface area contributed by atoms with Crippen LogP contribution in [0.1, 0.15) is 38.8 Å². The molecule has 0 aliphatic rings. The maximum atomic E-state index is 9.94. The Kier molecular flexibility index (Phi) is 4.44. The van der Waals surface area contributed by atoms with Crippen molar-refractivity contribution in [2.24, 2.45) is 11.8 Å². The molecule has 17 heavy (non-hydrogen) atoms. The van der Waals surface area contributed by atoms with Crippen molar-refractivity contribution in [1.29, 1.82) is 0 Å². The summed E-state index contributed by atoms with van der Waals surface area (Å²) >= 11 is 0. The predicted molar refractivity (Wildman–Crippen MR) is 74.7 cm³/mol. The van der Waals surface area contributed by atoms with Gasteiger partial charge in [0.2, 0.25) is 0 Å². The second-order valence-electron chi connectivity index (χ2n) is 5.56. The van der Waals surface area contributed by atoms with Gasteiger partial charge >= 0.3 is 0 Å². The number of aromatic hydroxyl groups is 1. The number of phenols is 1. The van der Waals surface area contributed by atoms with E-state index in [1.807, 2.05) is 19.9 Å². The van der Waals surface area contributed by atoms with Crippen molar-refractivity contribution in [3.63, 3.8) is 0 Å². The molecule has 0 aromatic heterocycles. The van der Waals surface area contributed by atoms with E-state index in [4.69, 9.17) is 0 Å². The number of aryl methyl sites for hydroxylation is 1. The summed E-state index contributed by atoms with van der Waals surface area (Å²) in [4.78, 5) is 0. The molecule has 0 amide bonds. The summed E-state index contributed by atoms with van der Waals surface area (Å²) < 4.78 is 0. The lowest BCUT2D eigenvalue weighted by Crippen LogP contribution is -2.31. The fraction of sp³-hybridized carbons (Fsp3) is 0.600. The van der Waals surface area contributed by atoms with Gasteiger partial charge in [0.25, 0.3) is 0 Å². The molecule has 0 spiro atoms. The molecule has 2 nitrogen and oxygen atoms in total. The van der Waals surface area contributed by atoms with E-state index in [0.717, 1.165) is 16.8 Å². The predicted octanol–water partition coefficient (Wildman–Crippen LogP) is 4.10. The highest BCUT2D eigenvalue weighted by molar-refractivity contribution is 5.59. The Hall–Kier alpha value is -1.18.